The molecule has 1 aromatic rings. The Bertz CT molecular complexity index is 420. The second-order valence-corrected chi connectivity index (χ2v) is 5.30. The Hall–Kier alpha value is -1.35. The molecule has 0 unspecified atom stereocenters. The van der Waals surface area contributed by atoms with E-state index in [2.05, 4.69) is 19.0 Å². The third-order valence-electron chi connectivity index (χ3n) is 3.86. The van der Waals surface area contributed by atoms with Crippen LogP contribution >= 0.6 is 0 Å². The summed E-state index contributed by atoms with van der Waals surface area (Å²) in [5.74, 6) is 0.185. The molecule has 0 N–H and O–H groups in total. The quantitative estimate of drug-likeness (QED) is 0.798. The van der Waals surface area contributed by atoms with Crippen molar-refractivity contribution in [2.75, 3.05) is 27.2 Å². The number of likely N-dealkylation sites (tertiary alicyclic amines) is 1. The summed E-state index contributed by atoms with van der Waals surface area (Å²) in [5, 5.41) is 0. The summed E-state index contributed by atoms with van der Waals surface area (Å²) in [6.45, 7) is 3.74. The molecule has 0 saturated carbocycles. The summed E-state index contributed by atoms with van der Waals surface area (Å²) in [7, 11) is 4.23. The van der Waals surface area contributed by atoms with Gasteiger partial charge in [-0.1, -0.05) is 18.2 Å². The molecule has 1 aromatic carbocycles. The number of aryl methyl sites for hydroxylation is 1. The first-order valence-corrected chi connectivity index (χ1v) is 6.61. The smallest absolute Gasteiger partial charge is 0.254 e. The second kappa shape index (κ2) is 5.53. The molecule has 0 aromatic heterocycles. The van der Waals surface area contributed by atoms with Crippen LogP contribution in [0.1, 0.15) is 28.8 Å². The molecule has 1 amide bonds. The fraction of sp³-hybridized carbons (Fsp3) is 0.533. The Morgan fingerprint density at radius 1 is 1.22 bits per heavy atom. The van der Waals surface area contributed by atoms with Crippen molar-refractivity contribution in [1.82, 2.24) is 9.80 Å². The number of piperidine rings is 1. The van der Waals surface area contributed by atoms with E-state index in [1.807, 2.05) is 36.1 Å². The average Bonchev–Trinajstić information content (AvgIpc) is 2.38. The first kappa shape index (κ1) is 13.1. The minimum atomic E-state index is 0.185. The van der Waals surface area contributed by atoms with Gasteiger partial charge in [-0.3, -0.25) is 4.79 Å². The Morgan fingerprint density at radius 3 is 2.39 bits per heavy atom. The fourth-order valence-electron chi connectivity index (χ4n) is 2.57. The molecule has 2 rings (SSSR count). The van der Waals surface area contributed by atoms with Crippen molar-refractivity contribution in [2.24, 2.45) is 0 Å². The van der Waals surface area contributed by atoms with Crippen molar-refractivity contribution >= 4 is 5.91 Å². The van der Waals surface area contributed by atoms with E-state index in [0.29, 0.717) is 6.04 Å². The standard InChI is InChI=1S/C15H22N2O/c1-12-6-4-5-7-14(12)15(18)17-10-8-13(9-11-17)16(2)3/h4-7,13H,8-11H2,1-3H3. The van der Waals surface area contributed by atoms with Crippen LogP contribution in [0.2, 0.25) is 0 Å². The van der Waals surface area contributed by atoms with Gasteiger partial charge in [0.1, 0.15) is 0 Å². The zero-order valence-corrected chi connectivity index (χ0v) is 11.5. The number of benzene rings is 1. The lowest BCUT2D eigenvalue weighted by molar-refractivity contribution is 0.0662. The van der Waals surface area contributed by atoms with Crippen molar-refractivity contribution in [3.05, 3.63) is 35.4 Å². The van der Waals surface area contributed by atoms with E-state index in [4.69, 9.17) is 0 Å². The largest absolute Gasteiger partial charge is 0.339 e. The predicted octanol–water partition coefficient (Wildman–Crippen LogP) is 2.16. The van der Waals surface area contributed by atoms with E-state index in [-0.39, 0.29) is 5.91 Å². The molecule has 98 valence electrons. The first-order chi connectivity index (χ1) is 8.59. The molecule has 1 saturated heterocycles. The molecule has 1 heterocycles. The van der Waals surface area contributed by atoms with Crippen LogP contribution in [0.3, 0.4) is 0 Å². The number of hydrogen-bond acceptors (Lipinski definition) is 2. The number of carbonyl (C=O) groups is 1. The zero-order chi connectivity index (χ0) is 13.1. The van der Waals surface area contributed by atoms with Crippen LogP contribution in [0.25, 0.3) is 0 Å². The van der Waals surface area contributed by atoms with Crippen molar-refractivity contribution in [2.45, 2.75) is 25.8 Å². The molecule has 0 spiro atoms. The summed E-state index contributed by atoms with van der Waals surface area (Å²) in [6, 6.07) is 8.46. The summed E-state index contributed by atoms with van der Waals surface area (Å²) >= 11 is 0. The van der Waals surface area contributed by atoms with Crippen LogP contribution in [0.15, 0.2) is 24.3 Å². The lowest BCUT2D eigenvalue weighted by Crippen LogP contribution is -2.44. The molecule has 1 aliphatic heterocycles. The van der Waals surface area contributed by atoms with E-state index in [1.165, 1.54) is 0 Å². The number of nitrogens with zero attached hydrogens (tertiary/aromatic N) is 2. The Kier molecular flexibility index (Phi) is 4.02. The third-order valence-corrected chi connectivity index (χ3v) is 3.86. The lowest BCUT2D eigenvalue weighted by Gasteiger charge is -2.35. The molecular weight excluding hydrogens is 224 g/mol. The molecule has 0 atom stereocenters. The molecular formula is C15H22N2O. The van der Waals surface area contributed by atoms with Crippen molar-refractivity contribution < 1.29 is 4.79 Å². The Morgan fingerprint density at radius 2 is 1.83 bits per heavy atom. The van der Waals surface area contributed by atoms with E-state index < -0.39 is 0 Å². The highest BCUT2D eigenvalue weighted by Gasteiger charge is 2.24. The maximum absolute atomic E-state index is 12.4. The minimum Gasteiger partial charge on any atom is -0.339 e. The molecule has 1 fully saturated rings. The molecule has 3 nitrogen and oxygen atoms in total. The van der Waals surface area contributed by atoms with Crippen molar-refractivity contribution in [3.8, 4) is 0 Å². The van der Waals surface area contributed by atoms with Gasteiger partial charge in [-0.25, -0.2) is 0 Å². The van der Waals surface area contributed by atoms with Gasteiger partial charge in [-0.2, -0.15) is 0 Å². The van der Waals surface area contributed by atoms with Crippen LogP contribution in [-0.4, -0.2) is 48.9 Å². The average molecular weight is 246 g/mol. The summed E-state index contributed by atoms with van der Waals surface area (Å²) in [4.78, 5) is 16.7. The molecule has 18 heavy (non-hydrogen) atoms. The molecule has 3 heteroatoms. The highest BCUT2D eigenvalue weighted by molar-refractivity contribution is 5.95. The maximum atomic E-state index is 12.4. The van der Waals surface area contributed by atoms with Gasteiger partial charge in [-0.15, -0.1) is 0 Å². The number of hydrogen-bond donors (Lipinski definition) is 0. The van der Waals surface area contributed by atoms with E-state index in [9.17, 15) is 4.79 Å². The van der Waals surface area contributed by atoms with Gasteiger partial charge >= 0.3 is 0 Å². The highest BCUT2D eigenvalue weighted by atomic mass is 16.2. The Labute approximate surface area is 109 Å². The van der Waals surface area contributed by atoms with Crippen LogP contribution in [0.5, 0.6) is 0 Å². The molecule has 0 radical (unpaired) electrons. The van der Waals surface area contributed by atoms with Gasteiger partial charge in [0, 0.05) is 24.7 Å². The lowest BCUT2D eigenvalue weighted by atomic mass is 10.0. The molecule has 1 aliphatic rings. The third kappa shape index (κ3) is 2.72. The first-order valence-electron chi connectivity index (χ1n) is 6.61. The SMILES string of the molecule is Cc1ccccc1C(=O)N1CCC(N(C)C)CC1. The second-order valence-electron chi connectivity index (χ2n) is 5.30. The zero-order valence-electron chi connectivity index (χ0n) is 11.5. The van der Waals surface area contributed by atoms with Gasteiger partial charge in [0.2, 0.25) is 0 Å². The van der Waals surface area contributed by atoms with Crippen molar-refractivity contribution in [3.63, 3.8) is 0 Å². The van der Waals surface area contributed by atoms with Gasteiger partial charge < -0.3 is 9.80 Å². The van der Waals surface area contributed by atoms with Gasteiger partial charge in [0.15, 0.2) is 0 Å². The Balaban J connectivity index is 2.02. The normalized spacial score (nSPS) is 17.2. The van der Waals surface area contributed by atoms with E-state index >= 15 is 0 Å². The molecule has 0 aliphatic carbocycles. The maximum Gasteiger partial charge on any atom is 0.254 e. The minimum absolute atomic E-state index is 0.185. The summed E-state index contributed by atoms with van der Waals surface area (Å²) < 4.78 is 0. The number of amides is 1. The van der Waals surface area contributed by atoms with Gasteiger partial charge in [0.05, 0.1) is 0 Å². The highest BCUT2D eigenvalue weighted by Crippen LogP contribution is 2.18. The van der Waals surface area contributed by atoms with Crippen molar-refractivity contribution in [1.29, 1.82) is 0 Å². The number of rotatable bonds is 2. The summed E-state index contributed by atoms with van der Waals surface area (Å²) in [5.41, 5.74) is 1.91. The predicted molar refractivity (Wildman–Crippen MR) is 73.8 cm³/mol. The van der Waals surface area contributed by atoms with Crippen LogP contribution in [0.4, 0.5) is 0 Å². The number of carbonyl (C=O) groups excluding carboxylic acids is 1. The van der Waals surface area contributed by atoms with Crippen LogP contribution in [-0.2, 0) is 0 Å². The topological polar surface area (TPSA) is 23.6 Å². The molecule has 0 bridgehead atoms. The van der Waals surface area contributed by atoms with E-state index in [1.54, 1.807) is 0 Å². The summed E-state index contributed by atoms with van der Waals surface area (Å²) in [6.07, 6.45) is 2.15. The fourth-order valence-corrected chi connectivity index (χ4v) is 2.57. The van der Waals surface area contributed by atoms with Crippen LogP contribution < -0.4 is 0 Å². The van der Waals surface area contributed by atoms with Gasteiger partial charge in [0.25, 0.3) is 5.91 Å². The van der Waals surface area contributed by atoms with Crippen LogP contribution in [0, 0.1) is 6.92 Å². The van der Waals surface area contributed by atoms with E-state index in [0.717, 1.165) is 37.1 Å². The van der Waals surface area contributed by atoms with Gasteiger partial charge in [-0.05, 0) is 45.5 Å². The monoisotopic (exact) mass is 246 g/mol.